The van der Waals surface area contributed by atoms with Gasteiger partial charge in [0.25, 0.3) is 0 Å². The molecule has 0 aliphatic heterocycles. The van der Waals surface area contributed by atoms with E-state index in [-0.39, 0.29) is 18.6 Å². The molecule has 0 saturated heterocycles. The smallest absolute Gasteiger partial charge is 0.407 e. The monoisotopic (exact) mass is 466 g/mol. The van der Waals surface area contributed by atoms with Crippen LogP contribution < -0.4 is 10.6 Å². The average Bonchev–Trinajstić information content (AvgIpc) is 3.14. The summed E-state index contributed by atoms with van der Waals surface area (Å²) < 4.78 is 5.60. The van der Waals surface area contributed by atoms with Gasteiger partial charge in [-0.2, -0.15) is 0 Å². The number of hydrogen-bond donors (Lipinski definition) is 4. The van der Waals surface area contributed by atoms with Crippen molar-refractivity contribution in [3.05, 3.63) is 59.7 Å². The van der Waals surface area contributed by atoms with Crippen molar-refractivity contribution in [3.8, 4) is 11.1 Å². The molecule has 4 rings (SSSR count). The third-order valence-corrected chi connectivity index (χ3v) is 6.76. The van der Waals surface area contributed by atoms with Gasteiger partial charge in [0, 0.05) is 17.9 Å². The fourth-order valence-electron chi connectivity index (χ4n) is 5.03. The predicted molar refractivity (Wildman–Crippen MR) is 125 cm³/mol. The highest BCUT2D eigenvalue weighted by Gasteiger charge is 2.33. The van der Waals surface area contributed by atoms with Crippen LogP contribution in [0.4, 0.5) is 4.79 Å². The van der Waals surface area contributed by atoms with Gasteiger partial charge in [-0.05, 0) is 48.4 Å². The Morgan fingerprint density at radius 1 is 1.03 bits per heavy atom. The number of hydrogen-bond acceptors (Lipinski definition) is 5. The van der Waals surface area contributed by atoms with Crippen molar-refractivity contribution in [1.29, 1.82) is 0 Å². The van der Waals surface area contributed by atoms with E-state index in [1.165, 1.54) is 6.92 Å². The van der Waals surface area contributed by atoms with E-state index in [2.05, 4.69) is 34.9 Å². The van der Waals surface area contributed by atoms with Crippen molar-refractivity contribution >= 4 is 18.0 Å². The molecule has 8 heteroatoms. The van der Waals surface area contributed by atoms with Crippen LogP contribution in [0.3, 0.4) is 0 Å². The van der Waals surface area contributed by atoms with E-state index in [0.717, 1.165) is 28.7 Å². The Bertz CT molecular complexity index is 1020. The molecular weight excluding hydrogens is 436 g/mol. The predicted octanol–water partition coefficient (Wildman–Crippen LogP) is 3.03. The number of alkyl carbamates (subject to hydrolysis) is 1. The molecule has 34 heavy (non-hydrogen) atoms. The normalized spacial score (nSPS) is 21.0. The van der Waals surface area contributed by atoms with E-state index in [0.29, 0.717) is 19.3 Å². The number of aliphatic hydroxyl groups is 1. The quantitative estimate of drug-likeness (QED) is 0.497. The molecule has 0 radical (unpaired) electrons. The van der Waals surface area contributed by atoms with Crippen LogP contribution in [0.15, 0.2) is 48.5 Å². The first-order valence-corrected chi connectivity index (χ1v) is 11.7. The molecule has 2 aromatic rings. The summed E-state index contributed by atoms with van der Waals surface area (Å²) in [5, 5.41) is 24.1. The molecule has 0 spiro atoms. The maximum atomic E-state index is 12.6. The summed E-state index contributed by atoms with van der Waals surface area (Å²) >= 11 is 0. The molecule has 2 aliphatic carbocycles. The average molecular weight is 467 g/mol. The maximum absolute atomic E-state index is 12.6. The summed E-state index contributed by atoms with van der Waals surface area (Å²) in [5.41, 5.74) is 4.59. The van der Waals surface area contributed by atoms with E-state index in [4.69, 9.17) is 4.74 Å². The fraction of sp³-hybridized carbons (Fsp3) is 0.423. The lowest BCUT2D eigenvalue weighted by Gasteiger charge is -2.30. The minimum Gasteiger partial charge on any atom is -0.480 e. The Morgan fingerprint density at radius 2 is 1.65 bits per heavy atom. The van der Waals surface area contributed by atoms with Crippen LogP contribution >= 0.6 is 0 Å². The molecule has 8 nitrogen and oxygen atoms in total. The molecule has 0 bridgehead atoms. The molecule has 4 N–H and O–H groups in total. The summed E-state index contributed by atoms with van der Waals surface area (Å²) in [6.07, 6.45) is 0.689. The molecule has 4 atom stereocenters. The van der Waals surface area contributed by atoms with Crippen molar-refractivity contribution in [2.75, 3.05) is 6.61 Å². The number of carbonyl (C=O) groups excluding carboxylic acids is 2. The Kier molecular flexibility index (Phi) is 7.17. The number of carboxylic acids is 1. The Morgan fingerprint density at radius 3 is 2.24 bits per heavy atom. The summed E-state index contributed by atoms with van der Waals surface area (Å²) in [7, 11) is 0. The first-order valence-electron chi connectivity index (χ1n) is 11.7. The highest BCUT2D eigenvalue weighted by Crippen LogP contribution is 2.44. The van der Waals surface area contributed by atoms with Gasteiger partial charge in [0.15, 0.2) is 6.04 Å². The summed E-state index contributed by atoms with van der Waals surface area (Å²) in [6, 6.07) is 14.6. The molecule has 180 valence electrons. The van der Waals surface area contributed by atoms with Crippen LogP contribution in [0, 0.1) is 5.92 Å². The highest BCUT2D eigenvalue weighted by atomic mass is 16.5. The SMILES string of the molecule is C[C@@H](O)[C@H](NC(=O)[C@H]1CCC[C@@H](NC(=O)OCC2c3ccccc3-c3ccccc32)C1)C(=O)O. The van der Waals surface area contributed by atoms with Gasteiger partial charge in [-0.25, -0.2) is 9.59 Å². The van der Waals surface area contributed by atoms with Gasteiger partial charge in [-0.3, -0.25) is 4.79 Å². The minimum atomic E-state index is -1.36. The number of amides is 2. The zero-order valence-electron chi connectivity index (χ0n) is 19.1. The molecule has 1 fully saturated rings. The number of aliphatic carboxylic acids is 1. The van der Waals surface area contributed by atoms with Gasteiger partial charge in [-0.15, -0.1) is 0 Å². The van der Waals surface area contributed by atoms with Crippen molar-refractivity contribution in [1.82, 2.24) is 10.6 Å². The number of carboxylic acid groups (broad SMARTS) is 1. The summed E-state index contributed by atoms with van der Waals surface area (Å²) in [6.45, 7) is 1.53. The third-order valence-electron chi connectivity index (χ3n) is 6.76. The topological polar surface area (TPSA) is 125 Å². The van der Waals surface area contributed by atoms with Gasteiger partial charge in [0.2, 0.25) is 5.91 Å². The molecule has 0 unspecified atom stereocenters. The first-order chi connectivity index (χ1) is 16.3. The number of rotatable bonds is 7. The molecule has 2 aliphatic rings. The Labute approximate surface area is 198 Å². The maximum Gasteiger partial charge on any atom is 0.407 e. The number of ether oxygens (including phenoxy) is 1. The van der Waals surface area contributed by atoms with Gasteiger partial charge < -0.3 is 25.6 Å². The van der Waals surface area contributed by atoms with Crippen LogP contribution in [0.25, 0.3) is 11.1 Å². The van der Waals surface area contributed by atoms with Gasteiger partial charge in [-0.1, -0.05) is 55.0 Å². The molecular formula is C26H30N2O6. The second kappa shape index (κ2) is 10.3. The Hall–Kier alpha value is -3.39. The Balaban J connectivity index is 1.32. The van der Waals surface area contributed by atoms with Crippen molar-refractivity contribution in [3.63, 3.8) is 0 Å². The highest BCUT2D eigenvalue weighted by molar-refractivity contribution is 5.85. The van der Waals surface area contributed by atoms with E-state index >= 15 is 0 Å². The summed E-state index contributed by atoms with van der Waals surface area (Å²) in [5.74, 6) is -2.18. The zero-order valence-corrected chi connectivity index (χ0v) is 19.1. The van der Waals surface area contributed by atoms with Crippen LogP contribution in [0.1, 0.15) is 49.7 Å². The molecule has 2 aromatic carbocycles. The lowest BCUT2D eigenvalue weighted by Crippen LogP contribution is -2.51. The number of benzene rings is 2. The van der Waals surface area contributed by atoms with E-state index in [9.17, 15) is 24.6 Å². The number of nitrogens with one attached hydrogen (secondary N) is 2. The number of fused-ring (bicyclic) bond motifs is 3. The van der Waals surface area contributed by atoms with Crippen LogP contribution in [0.5, 0.6) is 0 Å². The molecule has 1 saturated carbocycles. The van der Waals surface area contributed by atoms with Crippen LogP contribution in [0.2, 0.25) is 0 Å². The lowest BCUT2D eigenvalue weighted by atomic mass is 9.85. The van der Waals surface area contributed by atoms with Crippen molar-refractivity contribution in [2.45, 2.75) is 56.7 Å². The van der Waals surface area contributed by atoms with Crippen molar-refractivity contribution in [2.24, 2.45) is 5.92 Å². The van der Waals surface area contributed by atoms with Gasteiger partial charge in [0.1, 0.15) is 6.61 Å². The van der Waals surface area contributed by atoms with Crippen molar-refractivity contribution < 1.29 is 29.3 Å². The minimum absolute atomic E-state index is 0.0311. The van der Waals surface area contributed by atoms with E-state index in [1.807, 2.05) is 24.3 Å². The number of carbonyl (C=O) groups is 3. The molecule has 2 amide bonds. The first kappa shape index (κ1) is 23.8. The van der Waals surface area contributed by atoms with Crippen LogP contribution in [-0.2, 0) is 14.3 Å². The van der Waals surface area contributed by atoms with E-state index in [1.54, 1.807) is 0 Å². The van der Waals surface area contributed by atoms with Gasteiger partial charge in [0.05, 0.1) is 6.10 Å². The van der Waals surface area contributed by atoms with E-state index < -0.39 is 36.0 Å². The number of aliphatic hydroxyl groups excluding tert-OH is 1. The second-order valence-electron chi connectivity index (χ2n) is 9.10. The largest absolute Gasteiger partial charge is 0.480 e. The molecule has 0 heterocycles. The lowest BCUT2D eigenvalue weighted by molar-refractivity contribution is -0.145. The molecule has 0 aromatic heterocycles. The summed E-state index contributed by atoms with van der Waals surface area (Å²) in [4.78, 5) is 36.4. The zero-order chi connectivity index (χ0) is 24.2. The van der Waals surface area contributed by atoms with Crippen LogP contribution in [-0.4, -0.2) is 53.0 Å². The fourth-order valence-corrected chi connectivity index (χ4v) is 5.03. The van der Waals surface area contributed by atoms with Gasteiger partial charge >= 0.3 is 12.1 Å². The standard InChI is InChI=1S/C26H30N2O6/c1-15(29)23(25(31)32)28-24(30)16-7-6-8-17(13-16)27-26(33)34-14-22-20-11-4-2-9-18(20)19-10-3-5-12-21(19)22/h2-5,9-12,15-17,22-23,29H,6-8,13-14H2,1H3,(H,27,33)(H,28,30)(H,31,32)/t15-,16+,17-,23+/m1/s1. The second-order valence-corrected chi connectivity index (χ2v) is 9.10. The third kappa shape index (κ3) is 5.07.